The molecule has 8 heteroatoms. The minimum absolute atomic E-state index is 0.0992. The second-order valence-corrected chi connectivity index (χ2v) is 6.88. The van der Waals surface area contributed by atoms with Gasteiger partial charge in [0.25, 0.3) is 15.9 Å². The molecule has 7 nitrogen and oxygen atoms in total. The number of sulfonamides is 1. The Morgan fingerprint density at radius 3 is 2.12 bits per heavy atom. The minimum atomic E-state index is -4.06. The predicted molar refractivity (Wildman–Crippen MR) is 92.3 cm³/mol. The predicted octanol–water partition coefficient (Wildman–Crippen LogP) is 1.84. The lowest BCUT2D eigenvalue weighted by molar-refractivity contribution is -0.129. The van der Waals surface area contributed by atoms with Crippen LogP contribution >= 0.6 is 0 Å². The zero-order chi connectivity index (χ0) is 18.4. The molecule has 0 saturated carbocycles. The normalized spacial score (nSPS) is 12.2. The summed E-state index contributed by atoms with van der Waals surface area (Å²) < 4.78 is 31.8. The number of hydrogen-bond acceptors (Lipinski definition) is 5. The molecule has 0 heterocycles. The third-order valence-electron chi connectivity index (χ3n) is 3.30. The van der Waals surface area contributed by atoms with E-state index in [1.807, 2.05) is 4.72 Å². The number of ether oxygens (including phenoxy) is 1. The number of rotatable bonds is 6. The van der Waals surface area contributed by atoms with Gasteiger partial charge in [0.15, 0.2) is 6.10 Å². The van der Waals surface area contributed by atoms with Gasteiger partial charge < -0.3 is 10.1 Å². The number of amides is 2. The molecule has 132 valence electrons. The topological polar surface area (TPSA) is 102 Å². The third kappa shape index (κ3) is 4.88. The molecule has 0 bridgehead atoms. The van der Waals surface area contributed by atoms with Gasteiger partial charge >= 0.3 is 0 Å². The molecule has 0 radical (unpaired) electrons. The quantitative estimate of drug-likeness (QED) is 0.816. The Morgan fingerprint density at radius 2 is 1.60 bits per heavy atom. The van der Waals surface area contributed by atoms with Crippen molar-refractivity contribution in [1.82, 2.24) is 4.72 Å². The minimum Gasteiger partial charge on any atom is -0.367 e. The fourth-order valence-corrected chi connectivity index (χ4v) is 3.17. The summed E-state index contributed by atoms with van der Waals surface area (Å²) in [6.07, 6.45) is -1.05. The molecule has 0 fully saturated rings. The second kappa shape index (κ2) is 7.91. The van der Waals surface area contributed by atoms with E-state index in [0.717, 1.165) is 0 Å². The molecule has 2 N–H and O–H groups in total. The van der Waals surface area contributed by atoms with Crippen molar-refractivity contribution >= 4 is 27.5 Å². The maximum Gasteiger partial charge on any atom is 0.267 e. The van der Waals surface area contributed by atoms with Gasteiger partial charge in [-0.25, -0.2) is 13.1 Å². The first kappa shape index (κ1) is 18.6. The highest BCUT2D eigenvalue weighted by Crippen LogP contribution is 2.19. The Balaban J connectivity index is 2.17. The number of benzene rings is 2. The number of carbonyl (C=O) groups excluding carboxylic acids is 2. The van der Waals surface area contributed by atoms with Gasteiger partial charge in [0.05, 0.1) is 4.90 Å². The van der Waals surface area contributed by atoms with Crippen molar-refractivity contribution in [3.05, 3.63) is 60.2 Å². The Morgan fingerprint density at radius 1 is 1.00 bits per heavy atom. The molecular formula is C17H18N2O5S. The largest absolute Gasteiger partial charge is 0.367 e. The van der Waals surface area contributed by atoms with Crippen LogP contribution in [0.2, 0.25) is 0 Å². The Bertz CT molecular complexity index is 848. The van der Waals surface area contributed by atoms with Gasteiger partial charge in [-0.3, -0.25) is 9.59 Å². The van der Waals surface area contributed by atoms with Crippen molar-refractivity contribution in [3.8, 4) is 0 Å². The van der Waals surface area contributed by atoms with E-state index >= 15 is 0 Å². The molecule has 2 aromatic carbocycles. The molecule has 2 aromatic rings. The molecule has 0 unspecified atom stereocenters. The maximum absolute atomic E-state index is 12.4. The molecule has 0 saturated heterocycles. The summed E-state index contributed by atoms with van der Waals surface area (Å²) in [5.74, 6) is -1.06. The van der Waals surface area contributed by atoms with Crippen molar-refractivity contribution in [2.75, 3.05) is 12.4 Å². The van der Waals surface area contributed by atoms with Gasteiger partial charge in [0.1, 0.15) is 0 Å². The smallest absolute Gasteiger partial charge is 0.267 e. The van der Waals surface area contributed by atoms with Gasteiger partial charge in [0, 0.05) is 19.7 Å². The molecule has 2 rings (SSSR count). The molecule has 0 aromatic heterocycles. The summed E-state index contributed by atoms with van der Waals surface area (Å²) >= 11 is 0. The van der Waals surface area contributed by atoms with Crippen molar-refractivity contribution in [3.63, 3.8) is 0 Å². The van der Waals surface area contributed by atoms with E-state index in [1.165, 1.54) is 38.3 Å². The van der Waals surface area contributed by atoms with Crippen LogP contribution in [0.15, 0.2) is 59.5 Å². The molecule has 0 aliphatic heterocycles. The van der Waals surface area contributed by atoms with E-state index in [2.05, 4.69) is 5.32 Å². The van der Waals surface area contributed by atoms with Crippen LogP contribution in [0.25, 0.3) is 0 Å². The van der Waals surface area contributed by atoms with Crippen LogP contribution in [-0.4, -0.2) is 27.3 Å². The van der Waals surface area contributed by atoms with Gasteiger partial charge in [-0.15, -0.1) is 0 Å². The van der Waals surface area contributed by atoms with E-state index in [0.29, 0.717) is 11.3 Å². The molecule has 1 atom stereocenters. The number of carbonyl (C=O) groups is 2. The number of anilines is 1. The zero-order valence-corrected chi connectivity index (χ0v) is 14.5. The number of nitrogens with one attached hydrogen (secondary N) is 2. The average Bonchev–Trinajstić information content (AvgIpc) is 2.56. The Hall–Kier alpha value is -2.71. The standard InChI is InChI=1S/C17H18N2O5S/c1-12(20)18-14-8-10-15(11-9-14)25(22,23)19-17(21)16(24-2)13-6-4-3-5-7-13/h3-11,16H,1-2H3,(H,18,20)(H,19,21)/t16-/m0/s1. The number of methoxy groups -OCH3 is 1. The van der Waals surface area contributed by atoms with Crippen LogP contribution in [0.4, 0.5) is 5.69 Å². The van der Waals surface area contributed by atoms with Crippen LogP contribution < -0.4 is 10.0 Å². The van der Waals surface area contributed by atoms with Crippen LogP contribution in [0, 0.1) is 0 Å². The third-order valence-corrected chi connectivity index (χ3v) is 4.66. The SMILES string of the molecule is CO[C@H](C(=O)NS(=O)(=O)c1ccc(NC(C)=O)cc1)c1ccccc1. The molecule has 0 aliphatic carbocycles. The average molecular weight is 362 g/mol. The first-order valence-electron chi connectivity index (χ1n) is 7.35. The van der Waals surface area contributed by atoms with Gasteiger partial charge in [-0.2, -0.15) is 0 Å². The maximum atomic E-state index is 12.4. The van der Waals surface area contributed by atoms with Crippen molar-refractivity contribution < 1.29 is 22.7 Å². The summed E-state index contributed by atoms with van der Waals surface area (Å²) in [5.41, 5.74) is 0.996. The first-order valence-corrected chi connectivity index (χ1v) is 8.84. The molecular weight excluding hydrogens is 344 g/mol. The lowest BCUT2D eigenvalue weighted by Gasteiger charge is -2.16. The Labute approximate surface area is 146 Å². The fraction of sp³-hybridized carbons (Fsp3) is 0.176. The Kier molecular flexibility index (Phi) is 5.89. The van der Waals surface area contributed by atoms with Crippen molar-refractivity contribution in [1.29, 1.82) is 0 Å². The molecule has 0 aliphatic rings. The highest BCUT2D eigenvalue weighted by Gasteiger charge is 2.25. The monoisotopic (exact) mass is 362 g/mol. The first-order chi connectivity index (χ1) is 11.8. The summed E-state index contributed by atoms with van der Waals surface area (Å²) in [6, 6.07) is 14.0. The van der Waals surface area contributed by atoms with Gasteiger partial charge in [0.2, 0.25) is 5.91 Å². The lowest BCUT2D eigenvalue weighted by atomic mass is 10.1. The van der Waals surface area contributed by atoms with Gasteiger partial charge in [-0.05, 0) is 29.8 Å². The summed E-state index contributed by atoms with van der Waals surface area (Å²) in [7, 11) is -2.73. The van der Waals surface area contributed by atoms with Gasteiger partial charge in [-0.1, -0.05) is 30.3 Å². The molecule has 2 amide bonds. The van der Waals surface area contributed by atoms with Crippen molar-refractivity contribution in [2.45, 2.75) is 17.9 Å². The highest BCUT2D eigenvalue weighted by molar-refractivity contribution is 7.90. The molecule has 0 spiro atoms. The van der Waals surface area contributed by atoms with E-state index in [1.54, 1.807) is 30.3 Å². The fourth-order valence-electron chi connectivity index (χ4n) is 2.19. The van der Waals surface area contributed by atoms with Crippen LogP contribution in [-0.2, 0) is 24.3 Å². The van der Waals surface area contributed by atoms with Crippen LogP contribution in [0.3, 0.4) is 0 Å². The van der Waals surface area contributed by atoms with E-state index in [9.17, 15) is 18.0 Å². The number of hydrogen-bond donors (Lipinski definition) is 2. The van der Waals surface area contributed by atoms with Crippen molar-refractivity contribution in [2.24, 2.45) is 0 Å². The lowest BCUT2D eigenvalue weighted by Crippen LogP contribution is -2.35. The highest BCUT2D eigenvalue weighted by atomic mass is 32.2. The summed E-state index contributed by atoms with van der Waals surface area (Å²) in [6.45, 7) is 1.35. The molecule has 25 heavy (non-hydrogen) atoms. The second-order valence-electron chi connectivity index (χ2n) is 5.20. The van der Waals surface area contributed by atoms with Crippen LogP contribution in [0.1, 0.15) is 18.6 Å². The van der Waals surface area contributed by atoms with Crippen LogP contribution in [0.5, 0.6) is 0 Å². The van der Waals surface area contributed by atoms with E-state index in [-0.39, 0.29) is 10.8 Å². The summed E-state index contributed by atoms with van der Waals surface area (Å²) in [5, 5.41) is 2.53. The van der Waals surface area contributed by atoms with E-state index in [4.69, 9.17) is 4.74 Å². The zero-order valence-electron chi connectivity index (χ0n) is 13.7. The summed E-state index contributed by atoms with van der Waals surface area (Å²) in [4.78, 5) is 23.2. The van der Waals surface area contributed by atoms with E-state index < -0.39 is 22.0 Å².